The molecule has 1 unspecified atom stereocenters. The van der Waals surface area contributed by atoms with Crippen LogP contribution < -0.4 is 5.32 Å². The number of aliphatic hydroxyl groups is 1. The molecule has 6 heteroatoms. The van der Waals surface area contributed by atoms with Crippen LogP contribution in [-0.4, -0.2) is 31.3 Å². The van der Waals surface area contributed by atoms with Gasteiger partial charge in [-0.15, -0.1) is 5.10 Å². The first-order valence-electron chi connectivity index (χ1n) is 5.37. The lowest BCUT2D eigenvalue weighted by atomic mass is 9.99. The Hall–Kier alpha value is -1.69. The highest BCUT2D eigenvalue weighted by atomic mass is 19.1. The highest BCUT2D eigenvalue weighted by Gasteiger charge is 2.25. The van der Waals surface area contributed by atoms with Crippen molar-refractivity contribution in [1.82, 2.24) is 14.6 Å². The Morgan fingerprint density at radius 2 is 2.18 bits per heavy atom. The standard InChI is InChI=1S/C11H15FN4O/c1-7(17)11(2,3)14-10-13-9-5-4-8(12)6-16(9)15-10/h4-7,17H,1-3H3,(H,14,15). The van der Waals surface area contributed by atoms with Crippen LogP contribution in [0.2, 0.25) is 0 Å². The molecule has 92 valence electrons. The third kappa shape index (κ3) is 2.36. The number of hydrogen-bond acceptors (Lipinski definition) is 4. The Kier molecular flexibility index (Phi) is 2.74. The average molecular weight is 238 g/mol. The Morgan fingerprint density at radius 1 is 1.47 bits per heavy atom. The van der Waals surface area contributed by atoms with Crippen molar-refractivity contribution in [2.75, 3.05) is 5.32 Å². The molecule has 2 heterocycles. The second-order valence-corrected chi connectivity index (χ2v) is 4.61. The van der Waals surface area contributed by atoms with E-state index in [4.69, 9.17) is 0 Å². The van der Waals surface area contributed by atoms with Crippen LogP contribution in [0.5, 0.6) is 0 Å². The highest BCUT2D eigenvalue weighted by Crippen LogP contribution is 2.16. The molecule has 0 aliphatic carbocycles. The van der Waals surface area contributed by atoms with Gasteiger partial charge in [0, 0.05) is 0 Å². The number of aromatic nitrogens is 3. The molecule has 0 bridgehead atoms. The van der Waals surface area contributed by atoms with Gasteiger partial charge in [0.25, 0.3) is 0 Å². The molecule has 2 rings (SSSR count). The van der Waals surface area contributed by atoms with Crippen LogP contribution >= 0.6 is 0 Å². The zero-order valence-corrected chi connectivity index (χ0v) is 9.98. The zero-order chi connectivity index (χ0) is 12.6. The number of anilines is 1. The van der Waals surface area contributed by atoms with Crippen LogP contribution in [0.1, 0.15) is 20.8 Å². The van der Waals surface area contributed by atoms with Gasteiger partial charge < -0.3 is 10.4 Å². The fraction of sp³-hybridized carbons (Fsp3) is 0.455. The Balaban J connectivity index is 2.31. The third-order valence-electron chi connectivity index (χ3n) is 2.77. The fourth-order valence-electron chi connectivity index (χ4n) is 1.30. The van der Waals surface area contributed by atoms with Gasteiger partial charge in [-0.3, -0.25) is 0 Å². The number of fused-ring (bicyclic) bond motifs is 1. The summed E-state index contributed by atoms with van der Waals surface area (Å²) in [5.41, 5.74) is -0.000905. The van der Waals surface area contributed by atoms with E-state index in [2.05, 4.69) is 15.4 Å². The summed E-state index contributed by atoms with van der Waals surface area (Å²) in [6.45, 7) is 5.36. The number of rotatable bonds is 3. The van der Waals surface area contributed by atoms with Crippen molar-refractivity contribution in [3.8, 4) is 0 Å². The molecule has 2 aromatic rings. The SMILES string of the molecule is CC(O)C(C)(C)Nc1nc2ccc(F)cn2n1. The van der Waals surface area contributed by atoms with Crippen LogP contribution in [0.3, 0.4) is 0 Å². The molecule has 0 fully saturated rings. The van der Waals surface area contributed by atoms with Gasteiger partial charge in [0.15, 0.2) is 5.65 Å². The molecule has 0 saturated heterocycles. The smallest absolute Gasteiger partial charge is 0.243 e. The van der Waals surface area contributed by atoms with E-state index >= 15 is 0 Å². The van der Waals surface area contributed by atoms with Crippen LogP contribution in [0.15, 0.2) is 18.3 Å². The molecule has 5 nitrogen and oxygen atoms in total. The molecule has 0 aliphatic rings. The summed E-state index contributed by atoms with van der Waals surface area (Å²) in [5, 5.41) is 16.7. The van der Waals surface area contributed by atoms with Gasteiger partial charge in [0.05, 0.1) is 17.8 Å². The number of pyridine rings is 1. The molecule has 0 aromatic carbocycles. The molecule has 2 aromatic heterocycles. The summed E-state index contributed by atoms with van der Waals surface area (Å²) in [6.07, 6.45) is 0.689. The lowest BCUT2D eigenvalue weighted by Gasteiger charge is -2.28. The number of aliphatic hydroxyl groups excluding tert-OH is 1. The lowest BCUT2D eigenvalue weighted by Crippen LogP contribution is -2.42. The highest BCUT2D eigenvalue weighted by molar-refractivity contribution is 5.44. The van der Waals surface area contributed by atoms with E-state index in [-0.39, 0.29) is 5.82 Å². The molecular weight excluding hydrogens is 223 g/mol. The van der Waals surface area contributed by atoms with Crippen LogP contribution in [-0.2, 0) is 0 Å². The quantitative estimate of drug-likeness (QED) is 0.849. The molecule has 0 radical (unpaired) electrons. The third-order valence-corrected chi connectivity index (χ3v) is 2.77. The summed E-state index contributed by atoms with van der Waals surface area (Å²) >= 11 is 0. The van der Waals surface area contributed by atoms with Gasteiger partial charge >= 0.3 is 0 Å². The van der Waals surface area contributed by atoms with E-state index in [0.29, 0.717) is 11.6 Å². The molecule has 0 aliphatic heterocycles. The van der Waals surface area contributed by atoms with Crippen molar-refractivity contribution in [3.05, 3.63) is 24.1 Å². The van der Waals surface area contributed by atoms with Crippen molar-refractivity contribution < 1.29 is 9.50 Å². The first kappa shape index (κ1) is 11.8. The van der Waals surface area contributed by atoms with Crippen molar-refractivity contribution in [2.24, 2.45) is 0 Å². The van der Waals surface area contributed by atoms with Crippen molar-refractivity contribution in [1.29, 1.82) is 0 Å². The Bertz CT molecular complexity index is 535. The van der Waals surface area contributed by atoms with Crippen molar-refractivity contribution in [2.45, 2.75) is 32.4 Å². The first-order valence-corrected chi connectivity index (χ1v) is 5.37. The van der Waals surface area contributed by atoms with E-state index in [0.717, 1.165) is 0 Å². The molecule has 2 N–H and O–H groups in total. The van der Waals surface area contributed by atoms with Crippen LogP contribution in [0, 0.1) is 5.82 Å². The summed E-state index contributed by atoms with van der Waals surface area (Å²) in [7, 11) is 0. The average Bonchev–Trinajstić information content (AvgIpc) is 2.57. The van der Waals surface area contributed by atoms with Gasteiger partial charge in [0.2, 0.25) is 5.95 Å². The van der Waals surface area contributed by atoms with Crippen molar-refractivity contribution in [3.63, 3.8) is 0 Å². The monoisotopic (exact) mass is 238 g/mol. The number of nitrogens with one attached hydrogen (secondary N) is 1. The maximum Gasteiger partial charge on any atom is 0.243 e. The normalized spacial score (nSPS) is 13.9. The molecular formula is C11H15FN4O. The van der Waals surface area contributed by atoms with Crippen LogP contribution in [0.4, 0.5) is 10.3 Å². The number of nitrogens with zero attached hydrogens (tertiary/aromatic N) is 3. The maximum atomic E-state index is 13.0. The summed E-state index contributed by atoms with van der Waals surface area (Å²) in [4.78, 5) is 4.18. The summed E-state index contributed by atoms with van der Waals surface area (Å²) < 4.78 is 14.3. The van der Waals surface area contributed by atoms with E-state index in [1.165, 1.54) is 16.8 Å². The molecule has 0 saturated carbocycles. The first-order chi connectivity index (χ1) is 7.88. The van der Waals surface area contributed by atoms with E-state index in [9.17, 15) is 9.50 Å². The van der Waals surface area contributed by atoms with Crippen molar-refractivity contribution >= 4 is 11.6 Å². The minimum Gasteiger partial charge on any atom is -0.391 e. The molecule has 0 amide bonds. The number of hydrogen-bond donors (Lipinski definition) is 2. The van der Waals surface area contributed by atoms with Crippen LogP contribution in [0.25, 0.3) is 5.65 Å². The summed E-state index contributed by atoms with van der Waals surface area (Å²) in [6, 6.07) is 2.87. The van der Waals surface area contributed by atoms with E-state index < -0.39 is 11.6 Å². The minimum absolute atomic E-state index is 0.363. The zero-order valence-electron chi connectivity index (χ0n) is 9.98. The predicted molar refractivity (Wildman–Crippen MR) is 62.3 cm³/mol. The topological polar surface area (TPSA) is 62.5 Å². The second-order valence-electron chi connectivity index (χ2n) is 4.61. The van der Waals surface area contributed by atoms with Gasteiger partial charge in [-0.1, -0.05) is 0 Å². The molecule has 1 atom stereocenters. The predicted octanol–water partition coefficient (Wildman–Crippen LogP) is 1.44. The maximum absolute atomic E-state index is 13.0. The summed E-state index contributed by atoms with van der Waals surface area (Å²) in [5.74, 6) is -0.00904. The fourth-order valence-corrected chi connectivity index (χ4v) is 1.30. The Morgan fingerprint density at radius 3 is 2.82 bits per heavy atom. The second kappa shape index (κ2) is 3.96. The van der Waals surface area contributed by atoms with Gasteiger partial charge in [-0.05, 0) is 32.9 Å². The lowest BCUT2D eigenvalue weighted by molar-refractivity contribution is 0.132. The van der Waals surface area contributed by atoms with Gasteiger partial charge in [0.1, 0.15) is 5.82 Å². The van der Waals surface area contributed by atoms with E-state index in [1.54, 1.807) is 13.0 Å². The van der Waals surface area contributed by atoms with E-state index in [1.807, 2.05) is 13.8 Å². The molecule has 0 spiro atoms. The molecule has 17 heavy (non-hydrogen) atoms. The largest absolute Gasteiger partial charge is 0.391 e. The minimum atomic E-state index is -0.564. The van der Waals surface area contributed by atoms with Gasteiger partial charge in [-0.25, -0.2) is 8.91 Å². The Labute approximate surface area is 98.3 Å². The van der Waals surface area contributed by atoms with Gasteiger partial charge in [-0.2, -0.15) is 4.98 Å². The number of halogens is 1.